The largest absolute Gasteiger partial charge is 0.377 e. The Bertz CT molecular complexity index is 173. The van der Waals surface area contributed by atoms with Crippen molar-refractivity contribution in [2.45, 2.75) is 104 Å². The third kappa shape index (κ3) is 12.7. The number of hydrogen-bond acceptors (Lipinski definition) is 2. The van der Waals surface area contributed by atoms with Crippen molar-refractivity contribution in [1.29, 1.82) is 0 Å². The predicted octanol–water partition coefficient (Wildman–Crippen LogP) is 5.05. The lowest BCUT2D eigenvalue weighted by Gasteiger charge is -2.19. The first kappa shape index (κ1) is 18.9. The molecule has 2 unspecified atom stereocenters. The smallest absolute Gasteiger partial charge is 0.0697 e. The Balaban J connectivity index is 3.18. The van der Waals surface area contributed by atoms with E-state index in [1.165, 1.54) is 64.2 Å². The van der Waals surface area contributed by atoms with Gasteiger partial charge >= 0.3 is 0 Å². The normalized spacial score (nSPS) is 14.5. The molecule has 0 rings (SSSR count). The van der Waals surface area contributed by atoms with Crippen molar-refractivity contribution in [3.63, 3.8) is 0 Å². The summed E-state index contributed by atoms with van der Waals surface area (Å²) >= 11 is 0. The molecule has 2 heteroatoms. The summed E-state index contributed by atoms with van der Waals surface area (Å²) in [5.74, 6) is 0. The average molecular weight is 271 g/mol. The molecule has 0 aliphatic rings. The van der Waals surface area contributed by atoms with Crippen LogP contribution in [0.15, 0.2) is 0 Å². The predicted molar refractivity (Wildman–Crippen MR) is 85.5 cm³/mol. The first-order chi connectivity index (χ1) is 9.22. The molecule has 0 radical (unpaired) electrons. The van der Waals surface area contributed by atoms with E-state index in [1.54, 1.807) is 0 Å². The highest BCUT2D eigenvalue weighted by Gasteiger charge is 2.11. The Hall–Kier alpha value is -0.0800. The van der Waals surface area contributed by atoms with E-state index in [4.69, 9.17) is 10.5 Å². The molecule has 0 bridgehead atoms. The maximum absolute atomic E-state index is 6.09. The Morgan fingerprint density at radius 1 is 0.789 bits per heavy atom. The molecule has 0 aliphatic carbocycles. The molecule has 0 fully saturated rings. The van der Waals surface area contributed by atoms with Crippen LogP contribution in [-0.2, 0) is 4.74 Å². The van der Waals surface area contributed by atoms with E-state index < -0.39 is 0 Å². The van der Waals surface area contributed by atoms with Gasteiger partial charge in [0, 0.05) is 12.6 Å². The van der Waals surface area contributed by atoms with Gasteiger partial charge in [-0.25, -0.2) is 0 Å². The van der Waals surface area contributed by atoms with Crippen LogP contribution in [0.1, 0.15) is 91.4 Å². The highest BCUT2D eigenvalue weighted by molar-refractivity contribution is 4.68. The molecular weight excluding hydrogens is 234 g/mol. The maximum Gasteiger partial charge on any atom is 0.0697 e. The van der Waals surface area contributed by atoms with Gasteiger partial charge in [0.25, 0.3) is 0 Å². The van der Waals surface area contributed by atoms with Gasteiger partial charge in [0.05, 0.1) is 6.10 Å². The zero-order valence-corrected chi connectivity index (χ0v) is 13.6. The lowest BCUT2D eigenvalue weighted by molar-refractivity contribution is 0.0549. The van der Waals surface area contributed by atoms with Crippen LogP contribution in [0.5, 0.6) is 0 Å². The Morgan fingerprint density at radius 3 is 1.74 bits per heavy atom. The SMILES string of the molecule is CCCCCCCCCCCCC(N)C(C)OCC. The summed E-state index contributed by atoms with van der Waals surface area (Å²) in [6.45, 7) is 7.16. The van der Waals surface area contributed by atoms with Gasteiger partial charge in [0.1, 0.15) is 0 Å². The zero-order valence-electron chi connectivity index (χ0n) is 13.6. The monoisotopic (exact) mass is 271 g/mol. The van der Waals surface area contributed by atoms with E-state index >= 15 is 0 Å². The summed E-state index contributed by atoms with van der Waals surface area (Å²) in [7, 11) is 0. The molecule has 116 valence electrons. The summed E-state index contributed by atoms with van der Waals surface area (Å²) in [4.78, 5) is 0. The molecule has 0 aromatic rings. The Kier molecular flexibility index (Phi) is 14.3. The molecule has 0 saturated carbocycles. The second-order valence-corrected chi connectivity index (χ2v) is 5.79. The quantitative estimate of drug-likeness (QED) is 0.449. The zero-order chi connectivity index (χ0) is 14.3. The molecule has 0 aliphatic heterocycles. The van der Waals surface area contributed by atoms with Crippen molar-refractivity contribution in [3.05, 3.63) is 0 Å². The summed E-state index contributed by atoms with van der Waals surface area (Å²) in [6, 6.07) is 0.217. The number of ether oxygens (including phenoxy) is 1. The molecule has 0 heterocycles. The maximum atomic E-state index is 6.09. The summed E-state index contributed by atoms with van der Waals surface area (Å²) in [6.07, 6.45) is 15.2. The molecule has 0 aromatic carbocycles. The fourth-order valence-electron chi connectivity index (χ4n) is 2.49. The minimum atomic E-state index is 0.212. The number of hydrogen-bond donors (Lipinski definition) is 1. The van der Waals surface area contributed by atoms with Gasteiger partial charge in [-0.2, -0.15) is 0 Å². The molecule has 0 saturated heterocycles. The average Bonchev–Trinajstić information content (AvgIpc) is 2.41. The second kappa shape index (κ2) is 14.3. The lowest BCUT2D eigenvalue weighted by Crippen LogP contribution is -2.34. The molecule has 0 spiro atoms. The minimum absolute atomic E-state index is 0.212. The topological polar surface area (TPSA) is 35.2 Å². The minimum Gasteiger partial charge on any atom is -0.377 e. The van der Waals surface area contributed by atoms with Crippen LogP contribution in [0.25, 0.3) is 0 Å². The third-order valence-electron chi connectivity index (χ3n) is 3.92. The molecule has 0 amide bonds. The summed E-state index contributed by atoms with van der Waals surface area (Å²) in [5.41, 5.74) is 6.09. The highest BCUT2D eigenvalue weighted by atomic mass is 16.5. The van der Waals surface area contributed by atoms with Crippen LogP contribution in [0, 0.1) is 0 Å². The molecule has 2 atom stereocenters. The van der Waals surface area contributed by atoms with Gasteiger partial charge in [-0.15, -0.1) is 0 Å². The Morgan fingerprint density at radius 2 is 1.26 bits per heavy atom. The second-order valence-electron chi connectivity index (χ2n) is 5.79. The van der Waals surface area contributed by atoms with Crippen molar-refractivity contribution >= 4 is 0 Å². The molecule has 2 N–H and O–H groups in total. The van der Waals surface area contributed by atoms with E-state index in [0.29, 0.717) is 0 Å². The van der Waals surface area contributed by atoms with Crippen LogP contribution in [0.3, 0.4) is 0 Å². The van der Waals surface area contributed by atoms with Crippen molar-refractivity contribution in [2.75, 3.05) is 6.61 Å². The van der Waals surface area contributed by atoms with Gasteiger partial charge in [0.15, 0.2) is 0 Å². The first-order valence-electron chi connectivity index (χ1n) is 8.59. The highest BCUT2D eigenvalue weighted by Crippen LogP contribution is 2.12. The van der Waals surface area contributed by atoms with E-state index in [0.717, 1.165) is 13.0 Å². The van der Waals surface area contributed by atoms with E-state index in [2.05, 4.69) is 13.8 Å². The standard InChI is InChI=1S/C17H37NO/c1-4-6-7-8-9-10-11-12-13-14-15-17(18)16(3)19-5-2/h16-17H,4-15,18H2,1-3H3. The van der Waals surface area contributed by atoms with Crippen LogP contribution in [0.2, 0.25) is 0 Å². The number of nitrogens with two attached hydrogens (primary N) is 1. The van der Waals surface area contributed by atoms with Crippen LogP contribution in [0.4, 0.5) is 0 Å². The van der Waals surface area contributed by atoms with Crippen LogP contribution in [-0.4, -0.2) is 18.8 Å². The lowest BCUT2D eigenvalue weighted by atomic mass is 10.0. The van der Waals surface area contributed by atoms with E-state index in [-0.39, 0.29) is 12.1 Å². The van der Waals surface area contributed by atoms with Crippen molar-refractivity contribution in [3.8, 4) is 0 Å². The molecular formula is C17H37NO. The summed E-state index contributed by atoms with van der Waals surface area (Å²) < 4.78 is 5.52. The van der Waals surface area contributed by atoms with Gasteiger partial charge in [0.2, 0.25) is 0 Å². The fraction of sp³-hybridized carbons (Fsp3) is 1.00. The third-order valence-corrected chi connectivity index (χ3v) is 3.92. The molecule has 19 heavy (non-hydrogen) atoms. The molecule has 2 nitrogen and oxygen atoms in total. The van der Waals surface area contributed by atoms with Crippen molar-refractivity contribution in [1.82, 2.24) is 0 Å². The van der Waals surface area contributed by atoms with Gasteiger partial charge in [-0.1, -0.05) is 71.1 Å². The van der Waals surface area contributed by atoms with Crippen molar-refractivity contribution < 1.29 is 4.74 Å². The van der Waals surface area contributed by atoms with E-state index in [1.807, 2.05) is 6.92 Å². The molecule has 0 aromatic heterocycles. The van der Waals surface area contributed by atoms with Crippen LogP contribution < -0.4 is 5.73 Å². The fourth-order valence-corrected chi connectivity index (χ4v) is 2.49. The van der Waals surface area contributed by atoms with Gasteiger partial charge in [-0.05, 0) is 20.3 Å². The van der Waals surface area contributed by atoms with E-state index in [9.17, 15) is 0 Å². The Labute approximate surface area is 121 Å². The number of rotatable bonds is 14. The summed E-state index contributed by atoms with van der Waals surface area (Å²) in [5, 5.41) is 0. The number of unbranched alkanes of at least 4 members (excludes halogenated alkanes) is 9. The first-order valence-corrected chi connectivity index (χ1v) is 8.59. The van der Waals surface area contributed by atoms with Gasteiger partial charge < -0.3 is 10.5 Å². The van der Waals surface area contributed by atoms with Crippen molar-refractivity contribution in [2.24, 2.45) is 5.73 Å². The van der Waals surface area contributed by atoms with Crippen LogP contribution >= 0.6 is 0 Å². The van der Waals surface area contributed by atoms with Gasteiger partial charge in [-0.3, -0.25) is 0 Å².